The summed E-state index contributed by atoms with van der Waals surface area (Å²) in [5.41, 5.74) is 0. The van der Waals surface area contributed by atoms with E-state index in [0.29, 0.717) is 0 Å². The van der Waals surface area contributed by atoms with Crippen LogP contribution in [0.3, 0.4) is 0 Å². The smallest absolute Gasteiger partial charge is 0.162 e. The van der Waals surface area contributed by atoms with E-state index in [1.54, 1.807) is 0 Å². The van der Waals surface area contributed by atoms with Crippen LogP contribution in [0.2, 0.25) is 0 Å². The zero-order valence-electron chi connectivity index (χ0n) is 7.87. The third-order valence-corrected chi connectivity index (χ3v) is 3.58. The first-order chi connectivity index (χ1) is 6.79. The Kier molecular flexibility index (Phi) is 2.77. The molecule has 0 bridgehead atoms. The molecule has 0 spiro atoms. The molecule has 1 aliphatic heterocycles. The van der Waals surface area contributed by atoms with Gasteiger partial charge in [0.1, 0.15) is 5.37 Å². The molecule has 2 rings (SSSR count). The number of thiol groups is 1. The van der Waals surface area contributed by atoms with E-state index in [9.17, 15) is 8.42 Å². The van der Waals surface area contributed by atoms with Crippen LogP contribution in [-0.2, 0) is 10.7 Å². The van der Waals surface area contributed by atoms with Gasteiger partial charge in [0.2, 0.25) is 0 Å². The van der Waals surface area contributed by atoms with E-state index in [4.69, 9.17) is 0 Å². The lowest BCUT2D eigenvalue weighted by Gasteiger charge is -2.34. The van der Waals surface area contributed by atoms with Crippen LogP contribution in [0.15, 0.2) is 24.5 Å². The predicted octanol–water partition coefficient (Wildman–Crippen LogP) is 0.547. The second-order valence-electron chi connectivity index (χ2n) is 3.49. The van der Waals surface area contributed by atoms with E-state index < -0.39 is 10.7 Å². The molecule has 78 valence electrons. The lowest BCUT2D eigenvalue weighted by atomic mass is 10.2. The van der Waals surface area contributed by atoms with Crippen LogP contribution in [0, 0.1) is 0 Å². The Balaban J connectivity index is 2.23. The van der Waals surface area contributed by atoms with Crippen molar-refractivity contribution < 1.29 is 8.42 Å². The topological polar surface area (TPSA) is 42.3 Å². The molecule has 1 saturated heterocycles. The molecule has 1 aliphatic rings. The van der Waals surface area contributed by atoms with Crippen LogP contribution in [0.4, 0.5) is 0 Å². The van der Waals surface area contributed by atoms with E-state index in [1.165, 1.54) is 0 Å². The van der Waals surface area contributed by atoms with Crippen LogP contribution >= 0.6 is 0 Å². The average Bonchev–Trinajstić information content (AvgIpc) is 2.70. The van der Waals surface area contributed by atoms with Gasteiger partial charge in [0, 0.05) is 18.9 Å². The fourth-order valence-electron chi connectivity index (χ4n) is 1.88. The Morgan fingerprint density at radius 3 is 2.50 bits per heavy atom. The molecule has 1 aromatic rings. The Morgan fingerprint density at radius 2 is 1.86 bits per heavy atom. The van der Waals surface area contributed by atoms with Crippen LogP contribution in [0.25, 0.3) is 0 Å². The van der Waals surface area contributed by atoms with Crippen molar-refractivity contribution in [1.29, 1.82) is 0 Å². The van der Waals surface area contributed by atoms with Gasteiger partial charge in [-0.05, 0) is 31.4 Å². The van der Waals surface area contributed by atoms with Gasteiger partial charge in [-0.1, -0.05) is 0 Å². The molecule has 0 N–H and O–H groups in total. The van der Waals surface area contributed by atoms with E-state index in [1.807, 2.05) is 34.2 Å². The van der Waals surface area contributed by atoms with Crippen LogP contribution < -0.4 is 5.01 Å². The highest BCUT2D eigenvalue weighted by Crippen LogP contribution is 2.16. The summed E-state index contributed by atoms with van der Waals surface area (Å²) in [4.78, 5) is 0. The minimum Gasteiger partial charge on any atom is -0.295 e. The van der Waals surface area contributed by atoms with Crippen molar-refractivity contribution in [2.45, 2.75) is 24.6 Å². The third-order valence-electron chi connectivity index (χ3n) is 2.57. The molecule has 0 radical (unpaired) electrons. The number of hydrogen-bond donors (Lipinski definition) is 1. The summed E-state index contributed by atoms with van der Waals surface area (Å²) in [6.07, 6.45) is 6.59. The van der Waals surface area contributed by atoms with Crippen molar-refractivity contribution in [3.8, 4) is 0 Å². The van der Waals surface area contributed by atoms with Crippen LogP contribution in [-0.4, -0.2) is 25.0 Å². The molecule has 2 heterocycles. The van der Waals surface area contributed by atoms with Gasteiger partial charge in [0.15, 0.2) is 10.7 Å². The molecule has 0 aromatic carbocycles. The summed E-state index contributed by atoms with van der Waals surface area (Å²) in [6.45, 7) is 0.822. The zero-order chi connectivity index (χ0) is 9.97. The molecular weight excluding hydrogens is 200 g/mol. The summed E-state index contributed by atoms with van der Waals surface area (Å²) in [5, 5.41) is 1.58. The molecule has 1 aromatic heterocycles. The normalized spacial score (nSPS) is 22.9. The van der Waals surface area contributed by atoms with E-state index in [2.05, 4.69) is 0 Å². The first-order valence-corrected chi connectivity index (χ1v) is 6.07. The van der Waals surface area contributed by atoms with Crippen molar-refractivity contribution in [2.24, 2.45) is 0 Å². The maximum Gasteiger partial charge on any atom is 0.162 e. The van der Waals surface area contributed by atoms with Gasteiger partial charge in [-0.15, -0.1) is 0 Å². The molecule has 14 heavy (non-hydrogen) atoms. The predicted molar refractivity (Wildman–Crippen MR) is 55.5 cm³/mol. The molecule has 1 unspecified atom stereocenters. The zero-order valence-corrected chi connectivity index (χ0v) is 8.77. The largest absolute Gasteiger partial charge is 0.295 e. The lowest BCUT2D eigenvalue weighted by Crippen LogP contribution is -2.47. The summed E-state index contributed by atoms with van der Waals surface area (Å²) in [5.74, 6) is 0. The van der Waals surface area contributed by atoms with Crippen molar-refractivity contribution >= 4 is 10.7 Å². The maximum atomic E-state index is 11.0. The standard InChI is InChI=1S/C9H14N2O2S/c12-14(13)9-5-1-2-8-11(9)10-6-3-4-7-10/h3-4,6-7,9,14H,1-2,5,8H2. The molecule has 0 aliphatic carbocycles. The van der Waals surface area contributed by atoms with Gasteiger partial charge in [0.05, 0.1) is 0 Å². The van der Waals surface area contributed by atoms with E-state index in [0.717, 1.165) is 25.8 Å². The average molecular weight is 214 g/mol. The minimum absolute atomic E-state index is 0.328. The molecule has 5 heteroatoms. The monoisotopic (exact) mass is 214 g/mol. The Morgan fingerprint density at radius 1 is 1.14 bits per heavy atom. The molecule has 0 saturated carbocycles. The Bertz CT molecular complexity index is 351. The highest BCUT2D eigenvalue weighted by Gasteiger charge is 2.24. The molecule has 4 nitrogen and oxygen atoms in total. The highest BCUT2D eigenvalue weighted by molar-refractivity contribution is 7.73. The maximum absolute atomic E-state index is 11.0. The van der Waals surface area contributed by atoms with Crippen molar-refractivity contribution in [3.63, 3.8) is 0 Å². The number of aromatic nitrogens is 1. The summed E-state index contributed by atoms with van der Waals surface area (Å²) >= 11 is 0. The second-order valence-corrected chi connectivity index (χ2v) is 4.65. The minimum atomic E-state index is -2.36. The Labute approximate surface area is 85.1 Å². The van der Waals surface area contributed by atoms with Crippen LogP contribution in [0.1, 0.15) is 19.3 Å². The van der Waals surface area contributed by atoms with Crippen LogP contribution in [0.5, 0.6) is 0 Å². The number of rotatable bonds is 2. The summed E-state index contributed by atoms with van der Waals surface area (Å²) < 4.78 is 24.0. The molecular formula is C9H14N2O2S. The van der Waals surface area contributed by atoms with Gasteiger partial charge < -0.3 is 0 Å². The molecule has 0 amide bonds. The van der Waals surface area contributed by atoms with Crippen molar-refractivity contribution in [3.05, 3.63) is 24.5 Å². The van der Waals surface area contributed by atoms with Gasteiger partial charge in [-0.25, -0.2) is 8.42 Å². The second kappa shape index (κ2) is 4.04. The van der Waals surface area contributed by atoms with Gasteiger partial charge in [-0.3, -0.25) is 9.69 Å². The number of piperidine rings is 1. The lowest BCUT2D eigenvalue weighted by molar-refractivity contribution is 0.440. The fraction of sp³-hybridized carbons (Fsp3) is 0.556. The van der Waals surface area contributed by atoms with Crippen molar-refractivity contribution in [1.82, 2.24) is 4.68 Å². The number of nitrogens with zero attached hydrogens (tertiary/aromatic N) is 2. The summed E-state index contributed by atoms with van der Waals surface area (Å²) in [6, 6.07) is 3.81. The fourth-order valence-corrected chi connectivity index (χ4v) is 2.72. The summed E-state index contributed by atoms with van der Waals surface area (Å²) in [7, 11) is -2.36. The third kappa shape index (κ3) is 1.77. The van der Waals surface area contributed by atoms with Gasteiger partial charge in [0.25, 0.3) is 0 Å². The Hall–Kier alpha value is -0.970. The van der Waals surface area contributed by atoms with Gasteiger partial charge >= 0.3 is 0 Å². The van der Waals surface area contributed by atoms with E-state index >= 15 is 0 Å². The molecule has 1 atom stereocenters. The van der Waals surface area contributed by atoms with Gasteiger partial charge in [-0.2, -0.15) is 0 Å². The molecule has 1 fully saturated rings. The first kappa shape index (κ1) is 9.58. The van der Waals surface area contributed by atoms with Crippen molar-refractivity contribution in [2.75, 3.05) is 11.6 Å². The number of hydrogen-bond acceptors (Lipinski definition) is 3. The van der Waals surface area contributed by atoms with E-state index in [-0.39, 0.29) is 5.37 Å². The quantitative estimate of drug-likeness (QED) is 0.731. The SMILES string of the molecule is O=[SH](=O)C1CCCCN1n1cccc1. The first-order valence-electron chi connectivity index (χ1n) is 4.82. The highest BCUT2D eigenvalue weighted by atomic mass is 32.2.